The Morgan fingerprint density at radius 2 is 0.882 bits per heavy atom. The van der Waals surface area contributed by atoms with Crippen LogP contribution in [0.5, 0.6) is 23.0 Å². The van der Waals surface area contributed by atoms with Crippen LogP contribution in [0.3, 0.4) is 0 Å². The summed E-state index contributed by atoms with van der Waals surface area (Å²) >= 11 is 5.50. The Morgan fingerprint density at radius 1 is 0.500 bits per heavy atom. The molecule has 0 spiro atoms. The molecule has 0 aliphatic rings. The second-order valence-corrected chi connectivity index (χ2v) is 16.9. The molecule has 0 aliphatic heterocycles. The van der Waals surface area contributed by atoms with Gasteiger partial charge in [0.15, 0.2) is 0 Å². The molecule has 0 saturated carbocycles. The average molecular weight is 954 g/mol. The zero-order chi connectivity index (χ0) is 48.9. The van der Waals surface area contributed by atoms with Crippen LogP contribution in [0.15, 0.2) is 121 Å². The lowest BCUT2D eigenvalue weighted by Crippen LogP contribution is -2.13. The van der Waals surface area contributed by atoms with Crippen LogP contribution >= 0.6 is 11.6 Å². The van der Waals surface area contributed by atoms with Gasteiger partial charge in [0.05, 0.1) is 45.9 Å². The van der Waals surface area contributed by atoms with E-state index >= 15 is 0 Å². The molecule has 364 valence electrons. The van der Waals surface area contributed by atoms with Crippen LogP contribution in [0.4, 0.5) is 9.59 Å². The molecule has 0 amide bonds. The first kappa shape index (κ1) is 55.7. The standard InChI is InChI=1S/C27H30O6.C14H13ClO2.C13H18O4.CH4/c1-18(2)13-14-31-27(29)33-24-10-5-20(6-11-24)17-32-26(28)19(3)21-7-8-23-16-25(30-4)12-9-22(23)15-21;1-9(14(15)16)10-3-4-12-8-13(17-2)6-5-11(12)7-10;1-10(2)7-8-16-13(15)17-12-5-3-11(9-14)4-6-12;/h5-12,15-16,18-19H,13-14,17H2,1-4H3;3-9H,1-2H3;3-6,10,14H,7-9H2,1-2H3;1H4/t19-;9-;;/m00../s1. The Balaban J connectivity index is 0.000000295. The van der Waals surface area contributed by atoms with Crippen LogP contribution in [0.1, 0.15) is 95.9 Å². The van der Waals surface area contributed by atoms with Gasteiger partial charge in [-0.2, -0.15) is 0 Å². The fraction of sp³-hybridized carbons (Fsp3) is 0.345. The highest BCUT2D eigenvalue weighted by Crippen LogP contribution is 2.28. The summed E-state index contributed by atoms with van der Waals surface area (Å²) in [6.45, 7) is 12.7. The first-order valence-electron chi connectivity index (χ1n) is 22.1. The molecule has 68 heavy (non-hydrogen) atoms. The number of carbonyl (C=O) groups is 4. The predicted molar refractivity (Wildman–Crippen MR) is 267 cm³/mol. The van der Waals surface area contributed by atoms with E-state index in [2.05, 4.69) is 27.7 Å². The lowest BCUT2D eigenvalue weighted by atomic mass is 9.98. The van der Waals surface area contributed by atoms with Gasteiger partial charge in [0, 0.05) is 0 Å². The van der Waals surface area contributed by atoms with E-state index in [1.54, 1.807) is 69.7 Å². The van der Waals surface area contributed by atoms with Gasteiger partial charge in [-0.25, -0.2) is 9.59 Å². The van der Waals surface area contributed by atoms with Crippen molar-refractivity contribution in [1.82, 2.24) is 0 Å². The second kappa shape index (κ2) is 28.5. The Labute approximate surface area is 405 Å². The molecule has 0 bridgehead atoms. The van der Waals surface area contributed by atoms with E-state index in [1.165, 1.54) is 0 Å². The fourth-order valence-electron chi connectivity index (χ4n) is 6.15. The highest BCUT2D eigenvalue weighted by molar-refractivity contribution is 6.64. The summed E-state index contributed by atoms with van der Waals surface area (Å²) in [6.07, 6.45) is 0.185. The largest absolute Gasteiger partial charge is 0.513 e. The van der Waals surface area contributed by atoms with Crippen molar-refractivity contribution in [1.29, 1.82) is 0 Å². The second-order valence-electron chi connectivity index (χ2n) is 16.5. The molecule has 1 N–H and O–H groups in total. The van der Waals surface area contributed by atoms with Gasteiger partial charge >= 0.3 is 18.3 Å². The summed E-state index contributed by atoms with van der Waals surface area (Å²) in [7, 11) is 3.28. The van der Waals surface area contributed by atoms with Crippen LogP contribution in [0.25, 0.3) is 21.5 Å². The van der Waals surface area contributed by atoms with Crippen LogP contribution < -0.4 is 18.9 Å². The number of esters is 1. The number of rotatable bonds is 17. The Kier molecular flexibility index (Phi) is 23.4. The molecule has 0 unspecified atom stereocenters. The molecule has 0 aliphatic carbocycles. The lowest BCUT2D eigenvalue weighted by Gasteiger charge is -2.13. The molecule has 13 heteroatoms. The van der Waals surface area contributed by atoms with Crippen LogP contribution in [-0.4, -0.2) is 56.1 Å². The smallest absolute Gasteiger partial charge is 0.497 e. The van der Waals surface area contributed by atoms with E-state index in [4.69, 9.17) is 49.9 Å². The molecule has 0 aromatic heterocycles. The molecule has 0 radical (unpaired) electrons. The fourth-order valence-corrected chi connectivity index (χ4v) is 6.27. The number of ether oxygens (including phenoxy) is 7. The van der Waals surface area contributed by atoms with Crippen LogP contribution in [0.2, 0.25) is 0 Å². The monoisotopic (exact) mass is 952 g/mol. The van der Waals surface area contributed by atoms with Crippen molar-refractivity contribution in [3.05, 3.63) is 144 Å². The van der Waals surface area contributed by atoms with Gasteiger partial charge in [-0.3, -0.25) is 9.59 Å². The van der Waals surface area contributed by atoms with Crippen molar-refractivity contribution in [2.45, 2.75) is 86.9 Å². The molecule has 0 fully saturated rings. The topological polar surface area (TPSA) is 153 Å². The van der Waals surface area contributed by atoms with Gasteiger partial charge in [-0.05, 0) is 136 Å². The highest BCUT2D eigenvalue weighted by Gasteiger charge is 2.18. The van der Waals surface area contributed by atoms with Crippen molar-refractivity contribution in [2.75, 3.05) is 27.4 Å². The van der Waals surface area contributed by atoms with Crippen LogP contribution in [0, 0.1) is 11.8 Å². The Hall–Kier alpha value is -6.63. The summed E-state index contributed by atoms with van der Waals surface area (Å²) < 4.78 is 36.0. The number of carbonyl (C=O) groups excluding carboxylic acids is 4. The van der Waals surface area contributed by atoms with Gasteiger partial charge in [0.25, 0.3) is 0 Å². The Morgan fingerprint density at radius 3 is 1.28 bits per heavy atom. The zero-order valence-electron chi connectivity index (χ0n) is 39.4. The third-order valence-electron chi connectivity index (χ3n) is 10.5. The normalized spacial score (nSPS) is 11.4. The summed E-state index contributed by atoms with van der Waals surface area (Å²) in [5.74, 6) is 2.37. The summed E-state index contributed by atoms with van der Waals surface area (Å²) in [6, 6.07) is 36.9. The van der Waals surface area contributed by atoms with E-state index in [0.29, 0.717) is 36.5 Å². The number of aliphatic hydroxyl groups excluding tert-OH is 1. The quantitative estimate of drug-likeness (QED) is 0.0401. The molecular weight excluding hydrogens is 888 g/mol. The number of fused-ring (bicyclic) bond motifs is 2. The van der Waals surface area contributed by atoms with Gasteiger partial charge < -0.3 is 38.3 Å². The van der Waals surface area contributed by atoms with E-state index in [1.807, 2.05) is 79.7 Å². The minimum absolute atomic E-state index is 0. The lowest BCUT2D eigenvalue weighted by molar-refractivity contribution is -0.146. The van der Waals surface area contributed by atoms with E-state index in [-0.39, 0.29) is 37.8 Å². The van der Waals surface area contributed by atoms with E-state index in [9.17, 15) is 19.2 Å². The molecule has 6 aromatic carbocycles. The minimum atomic E-state index is -0.725. The molecule has 12 nitrogen and oxygen atoms in total. The first-order valence-corrected chi connectivity index (χ1v) is 22.5. The number of halogens is 1. The van der Waals surface area contributed by atoms with Gasteiger partial charge in [-0.15, -0.1) is 0 Å². The average Bonchev–Trinajstić information content (AvgIpc) is 3.32. The number of hydrogen-bond donors (Lipinski definition) is 1. The maximum absolute atomic E-state index is 12.6. The molecule has 2 atom stereocenters. The van der Waals surface area contributed by atoms with Gasteiger partial charge in [0.2, 0.25) is 5.24 Å². The summed E-state index contributed by atoms with van der Waals surface area (Å²) in [5, 5.41) is 12.8. The predicted octanol–water partition coefficient (Wildman–Crippen LogP) is 13.4. The van der Waals surface area contributed by atoms with Crippen molar-refractivity contribution >= 4 is 56.7 Å². The summed E-state index contributed by atoms with van der Waals surface area (Å²) in [5.41, 5.74) is 3.38. The van der Waals surface area contributed by atoms with E-state index < -0.39 is 18.2 Å². The van der Waals surface area contributed by atoms with Crippen molar-refractivity contribution in [3.8, 4) is 23.0 Å². The maximum atomic E-state index is 12.6. The van der Waals surface area contributed by atoms with Crippen molar-refractivity contribution in [3.63, 3.8) is 0 Å². The van der Waals surface area contributed by atoms with Gasteiger partial charge in [0.1, 0.15) is 29.6 Å². The SMILES string of the molecule is C.CC(C)CCOC(=O)Oc1ccc(CO)cc1.COc1ccc2cc([C@H](C)C(=O)Cl)ccc2c1.COc1ccc2cc([C@H](C)C(=O)OCc3ccc(OC(=O)OCCC(C)C)cc3)ccc2c1. The van der Waals surface area contributed by atoms with Crippen molar-refractivity contribution in [2.24, 2.45) is 11.8 Å². The summed E-state index contributed by atoms with van der Waals surface area (Å²) in [4.78, 5) is 46.7. The minimum Gasteiger partial charge on any atom is -0.497 e. The highest BCUT2D eigenvalue weighted by atomic mass is 35.5. The third kappa shape index (κ3) is 18.6. The van der Waals surface area contributed by atoms with Gasteiger partial charge in [-0.1, -0.05) is 115 Å². The Bertz CT molecular complexity index is 2520. The molecule has 6 aromatic rings. The van der Waals surface area contributed by atoms with Crippen LogP contribution in [-0.2, 0) is 37.0 Å². The van der Waals surface area contributed by atoms with Crippen molar-refractivity contribution < 1.29 is 57.4 Å². The number of aliphatic hydroxyl groups is 1. The number of methoxy groups -OCH3 is 2. The maximum Gasteiger partial charge on any atom is 0.513 e. The molecule has 0 heterocycles. The number of hydrogen-bond acceptors (Lipinski definition) is 12. The molecule has 6 rings (SSSR count). The molecular formula is C55H65ClO12. The first-order chi connectivity index (χ1) is 32.1. The van der Waals surface area contributed by atoms with E-state index in [0.717, 1.165) is 68.1 Å². The molecule has 0 saturated heterocycles. The number of benzene rings is 6. The third-order valence-corrected chi connectivity index (χ3v) is 10.8. The zero-order valence-corrected chi connectivity index (χ0v) is 40.2.